The normalized spacial score (nSPS) is 24.9. The standard InChI is InChI=1S/C9H14O5/c10-7(9(12)13)5-6-3-1-2-4-8(11)14-6/h6-7,10H,1-5H2,(H,12,13)/t6-,7?/m1/s1. The summed E-state index contributed by atoms with van der Waals surface area (Å²) in [4.78, 5) is 21.3. The van der Waals surface area contributed by atoms with Gasteiger partial charge in [0, 0.05) is 12.8 Å². The van der Waals surface area contributed by atoms with Gasteiger partial charge in [0.2, 0.25) is 0 Å². The Labute approximate surface area is 81.7 Å². The molecule has 0 aromatic carbocycles. The van der Waals surface area contributed by atoms with Crippen LogP contribution in [0.3, 0.4) is 0 Å². The van der Waals surface area contributed by atoms with E-state index in [-0.39, 0.29) is 12.4 Å². The van der Waals surface area contributed by atoms with Crippen LogP contribution < -0.4 is 0 Å². The topological polar surface area (TPSA) is 83.8 Å². The third-order valence-corrected chi connectivity index (χ3v) is 2.23. The van der Waals surface area contributed by atoms with Crippen LogP contribution in [0, 0.1) is 0 Å². The highest BCUT2D eigenvalue weighted by atomic mass is 16.5. The van der Waals surface area contributed by atoms with Crippen molar-refractivity contribution in [2.24, 2.45) is 0 Å². The second-order valence-corrected chi connectivity index (χ2v) is 3.45. The molecule has 0 radical (unpaired) electrons. The fraction of sp³-hybridized carbons (Fsp3) is 0.778. The molecular formula is C9H14O5. The Kier molecular flexibility index (Phi) is 3.88. The molecule has 0 spiro atoms. The monoisotopic (exact) mass is 202 g/mol. The molecule has 5 nitrogen and oxygen atoms in total. The summed E-state index contributed by atoms with van der Waals surface area (Å²) in [5.41, 5.74) is 0. The van der Waals surface area contributed by atoms with Gasteiger partial charge in [0.1, 0.15) is 6.10 Å². The lowest BCUT2D eigenvalue weighted by Crippen LogP contribution is -2.27. The Hall–Kier alpha value is -1.10. The van der Waals surface area contributed by atoms with Gasteiger partial charge in [-0.3, -0.25) is 4.79 Å². The van der Waals surface area contributed by atoms with Gasteiger partial charge in [0.15, 0.2) is 6.10 Å². The van der Waals surface area contributed by atoms with Gasteiger partial charge in [0.05, 0.1) is 0 Å². The molecule has 1 rings (SSSR count). The Morgan fingerprint density at radius 2 is 2.29 bits per heavy atom. The van der Waals surface area contributed by atoms with Crippen molar-refractivity contribution in [1.82, 2.24) is 0 Å². The number of hydrogen-bond donors (Lipinski definition) is 2. The first-order chi connectivity index (χ1) is 6.59. The molecule has 0 aliphatic carbocycles. The second kappa shape index (κ2) is 4.95. The van der Waals surface area contributed by atoms with Gasteiger partial charge in [-0.05, 0) is 19.3 Å². The van der Waals surface area contributed by atoms with Gasteiger partial charge < -0.3 is 14.9 Å². The molecule has 0 saturated carbocycles. The summed E-state index contributed by atoms with van der Waals surface area (Å²) < 4.78 is 4.97. The summed E-state index contributed by atoms with van der Waals surface area (Å²) in [5.74, 6) is -1.57. The number of esters is 1. The zero-order chi connectivity index (χ0) is 10.6. The van der Waals surface area contributed by atoms with Crippen molar-refractivity contribution >= 4 is 11.9 Å². The van der Waals surface area contributed by atoms with E-state index in [1.54, 1.807) is 0 Å². The van der Waals surface area contributed by atoms with E-state index in [2.05, 4.69) is 0 Å². The van der Waals surface area contributed by atoms with Crippen LogP contribution in [-0.2, 0) is 14.3 Å². The second-order valence-electron chi connectivity index (χ2n) is 3.45. The number of ether oxygens (including phenoxy) is 1. The minimum absolute atomic E-state index is 0.0128. The molecule has 0 aromatic heterocycles. The molecule has 1 aliphatic heterocycles. The van der Waals surface area contributed by atoms with Gasteiger partial charge in [-0.25, -0.2) is 4.79 Å². The van der Waals surface area contributed by atoms with E-state index < -0.39 is 18.2 Å². The molecule has 2 N–H and O–H groups in total. The molecule has 0 amide bonds. The van der Waals surface area contributed by atoms with Crippen molar-refractivity contribution in [3.63, 3.8) is 0 Å². The van der Waals surface area contributed by atoms with E-state index in [1.165, 1.54) is 0 Å². The highest BCUT2D eigenvalue weighted by Gasteiger charge is 2.24. The summed E-state index contributed by atoms with van der Waals surface area (Å²) >= 11 is 0. The number of cyclic esters (lactones) is 1. The van der Waals surface area contributed by atoms with Gasteiger partial charge in [-0.1, -0.05) is 0 Å². The maximum Gasteiger partial charge on any atom is 0.332 e. The third-order valence-electron chi connectivity index (χ3n) is 2.23. The molecule has 14 heavy (non-hydrogen) atoms. The molecule has 0 aromatic rings. The minimum Gasteiger partial charge on any atom is -0.479 e. The molecular weight excluding hydrogens is 188 g/mol. The maximum atomic E-state index is 11.0. The number of carbonyl (C=O) groups excluding carboxylic acids is 1. The molecule has 2 atom stereocenters. The molecule has 1 fully saturated rings. The summed E-state index contributed by atoms with van der Waals surface area (Å²) in [5, 5.41) is 17.5. The number of aliphatic carboxylic acids is 1. The van der Waals surface area contributed by atoms with E-state index >= 15 is 0 Å². The van der Waals surface area contributed by atoms with Gasteiger partial charge in [0.25, 0.3) is 0 Å². The molecule has 5 heteroatoms. The SMILES string of the molecule is O=C1CCCC[C@H](CC(O)C(=O)O)O1. The van der Waals surface area contributed by atoms with E-state index in [9.17, 15) is 9.59 Å². The van der Waals surface area contributed by atoms with Crippen molar-refractivity contribution in [2.45, 2.75) is 44.3 Å². The Balaban J connectivity index is 2.42. The summed E-state index contributed by atoms with van der Waals surface area (Å²) in [6, 6.07) is 0. The summed E-state index contributed by atoms with van der Waals surface area (Å²) in [6.45, 7) is 0. The van der Waals surface area contributed by atoms with E-state index in [1.807, 2.05) is 0 Å². The number of carboxylic acid groups (broad SMARTS) is 1. The molecule has 0 bridgehead atoms. The smallest absolute Gasteiger partial charge is 0.332 e. The number of hydrogen-bond acceptors (Lipinski definition) is 4. The number of aliphatic hydroxyl groups is 1. The van der Waals surface area contributed by atoms with Gasteiger partial charge in [-0.15, -0.1) is 0 Å². The van der Waals surface area contributed by atoms with Gasteiger partial charge in [-0.2, -0.15) is 0 Å². The number of rotatable bonds is 3. The first-order valence-corrected chi connectivity index (χ1v) is 4.70. The quantitative estimate of drug-likeness (QED) is 0.643. The lowest BCUT2D eigenvalue weighted by molar-refractivity contribution is -0.155. The van der Waals surface area contributed by atoms with Crippen molar-refractivity contribution in [1.29, 1.82) is 0 Å². The minimum atomic E-state index is -1.44. The van der Waals surface area contributed by atoms with Crippen LogP contribution in [0.5, 0.6) is 0 Å². The van der Waals surface area contributed by atoms with Crippen molar-refractivity contribution in [2.75, 3.05) is 0 Å². The van der Waals surface area contributed by atoms with Crippen molar-refractivity contribution in [3.05, 3.63) is 0 Å². The predicted molar refractivity (Wildman–Crippen MR) is 46.6 cm³/mol. The van der Waals surface area contributed by atoms with Crippen molar-refractivity contribution < 1.29 is 24.5 Å². The molecule has 1 saturated heterocycles. The fourth-order valence-electron chi connectivity index (χ4n) is 1.46. The lowest BCUT2D eigenvalue weighted by Gasteiger charge is -2.16. The van der Waals surface area contributed by atoms with Crippen LogP contribution in [0.2, 0.25) is 0 Å². The van der Waals surface area contributed by atoms with Crippen LogP contribution >= 0.6 is 0 Å². The first kappa shape index (κ1) is 11.0. The van der Waals surface area contributed by atoms with E-state index in [0.717, 1.165) is 12.8 Å². The van der Waals surface area contributed by atoms with Gasteiger partial charge >= 0.3 is 11.9 Å². The Morgan fingerprint density at radius 1 is 1.57 bits per heavy atom. The number of aliphatic hydroxyl groups excluding tert-OH is 1. The Morgan fingerprint density at radius 3 is 2.93 bits per heavy atom. The Bertz CT molecular complexity index is 225. The van der Waals surface area contributed by atoms with Crippen LogP contribution in [0.1, 0.15) is 32.1 Å². The number of carbonyl (C=O) groups is 2. The van der Waals surface area contributed by atoms with Crippen LogP contribution in [0.15, 0.2) is 0 Å². The average molecular weight is 202 g/mol. The molecule has 1 heterocycles. The molecule has 1 unspecified atom stereocenters. The number of carboxylic acids is 1. The highest BCUT2D eigenvalue weighted by molar-refractivity contribution is 5.72. The zero-order valence-electron chi connectivity index (χ0n) is 7.81. The van der Waals surface area contributed by atoms with Crippen LogP contribution in [-0.4, -0.2) is 34.4 Å². The fourth-order valence-corrected chi connectivity index (χ4v) is 1.46. The summed E-state index contributed by atoms with van der Waals surface area (Å²) in [6.07, 6.45) is 0.736. The van der Waals surface area contributed by atoms with E-state index in [0.29, 0.717) is 12.8 Å². The van der Waals surface area contributed by atoms with Crippen LogP contribution in [0.25, 0.3) is 0 Å². The van der Waals surface area contributed by atoms with Crippen molar-refractivity contribution in [3.8, 4) is 0 Å². The predicted octanol–water partition coefficient (Wildman–Crippen LogP) is 0.308. The molecule has 1 aliphatic rings. The third kappa shape index (κ3) is 3.33. The average Bonchev–Trinajstić information content (AvgIpc) is 2.29. The summed E-state index contributed by atoms with van der Waals surface area (Å²) in [7, 11) is 0. The molecule has 80 valence electrons. The highest BCUT2D eigenvalue weighted by Crippen LogP contribution is 2.18. The maximum absolute atomic E-state index is 11.0. The van der Waals surface area contributed by atoms with E-state index in [4.69, 9.17) is 14.9 Å². The first-order valence-electron chi connectivity index (χ1n) is 4.70. The lowest BCUT2D eigenvalue weighted by atomic mass is 10.1. The van der Waals surface area contributed by atoms with Crippen LogP contribution in [0.4, 0.5) is 0 Å². The largest absolute Gasteiger partial charge is 0.479 e. The zero-order valence-corrected chi connectivity index (χ0v) is 7.81.